The average molecular weight is 353 g/mol. The van der Waals surface area contributed by atoms with Crippen molar-refractivity contribution in [3.05, 3.63) is 29.3 Å². The van der Waals surface area contributed by atoms with Crippen molar-refractivity contribution in [3.8, 4) is 0 Å². The number of hydrogen-bond acceptors (Lipinski definition) is 2. The number of hydrogen-bond donors (Lipinski definition) is 0. The van der Waals surface area contributed by atoms with E-state index in [1.54, 1.807) is 22.5 Å². The Morgan fingerprint density at radius 2 is 2.22 bits per heavy atom. The van der Waals surface area contributed by atoms with Crippen LogP contribution in [-0.4, -0.2) is 31.1 Å². The molecule has 1 aromatic carbocycles. The first kappa shape index (κ1) is 14.3. The molecule has 0 saturated carbocycles. The second-order valence-corrected chi connectivity index (χ2v) is 7.62. The zero-order valence-corrected chi connectivity index (χ0v) is 13.0. The molecular weight excluding hydrogens is 338 g/mol. The van der Waals surface area contributed by atoms with E-state index in [-0.39, 0.29) is 4.90 Å². The smallest absolute Gasteiger partial charge is 0.207 e. The lowest BCUT2D eigenvalue weighted by molar-refractivity contribution is 0.454. The molecule has 0 amide bonds. The Kier molecular flexibility index (Phi) is 4.69. The van der Waals surface area contributed by atoms with E-state index in [1.807, 2.05) is 0 Å². The summed E-state index contributed by atoms with van der Waals surface area (Å²) in [5.41, 5.74) is 0. The number of nitrogens with zero attached hydrogens (tertiary/aromatic N) is 1. The van der Waals surface area contributed by atoms with E-state index in [0.29, 0.717) is 24.0 Å². The third-order valence-electron chi connectivity index (χ3n) is 3.20. The van der Waals surface area contributed by atoms with Gasteiger partial charge in [0.1, 0.15) is 0 Å². The van der Waals surface area contributed by atoms with Crippen LogP contribution in [0.5, 0.6) is 0 Å². The van der Waals surface area contributed by atoms with Gasteiger partial charge in [-0.2, -0.15) is 4.31 Å². The number of sulfonamides is 1. The zero-order valence-electron chi connectivity index (χ0n) is 9.85. The Morgan fingerprint density at radius 1 is 1.44 bits per heavy atom. The van der Waals surface area contributed by atoms with Gasteiger partial charge in [-0.25, -0.2) is 8.42 Å². The van der Waals surface area contributed by atoms with E-state index in [1.165, 1.54) is 6.07 Å². The van der Waals surface area contributed by atoms with Crippen molar-refractivity contribution in [3.63, 3.8) is 0 Å². The minimum absolute atomic E-state index is 0.287. The van der Waals surface area contributed by atoms with Crippen LogP contribution in [0.4, 0.5) is 0 Å². The van der Waals surface area contributed by atoms with E-state index in [9.17, 15) is 8.42 Å². The summed E-state index contributed by atoms with van der Waals surface area (Å²) in [7, 11) is -3.38. The van der Waals surface area contributed by atoms with Gasteiger partial charge in [-0.1, -0.05) is 33.6 Å². The third kappa shape index (κ3) is 3.07. The Labute approximate surface area is 121 Å². The molecule has 3 nitrogen and oxygen atoms in total. The molecule has 1 saturated heterocycles. The molecule has 6 heteroatoms. The lowest BCUT2D eigenvalue weighted by Gasteiger charge is -2.16. The van der Waals surface area contributed by atoms with Crippen molar-refractivity contribution in [1.82, 2.24) is 4.31 Å². The van der Waals surface area contributed by atoms with Crippen LogP contribution in [0.2, 0.25) is 5.02 Å². The minimum Gasteiger partial charge on any atom is -0.207 e. The number of rotatable bonds is 4. The maximum absolute atomic E-state index is 12.4. The van der Waals surface area contributed by atoms with Crippen molar-refractivity contribution in [1.29, 1.82) is 0 Å². The van der Waals surface area contributed by atoms with Crippen LogP contribution in [0.1, 0.15) is 12.8 Å². The molecule has 2 rings (SSSR count). The zero-order chi connectivity index (χ0) is 13.2. The van der Waals surface area contributed by atoms with E-state index >= 15 is 0 Å². The van der Waals surface area contributed by atoms with Crippen LogP contribution in [0.3, 0.4) is 0 Å². The monoisotopic (exact) mass is 351 g/mol. The van der Waals surface area contributed by atoms with E-state index in [0.717, 1.165) is 18.2 Å². The van der Waals surface area contributed by atoms with Crippen LogP contribution in [0.25, 0.3) is 0 Å². The maximum Gasteiger partial charge on any atom is 0.243 e. The van der Waals surface area contributed by atoms with Crippen LogP contribution in [0.15, 0.2) is 29.2 Å². The SMILES string of the molecule is O=S(=O)(c1cccc(Cl)c1)N1CCC(CCBr)C1. The quantitative estimate of drug-likeness (QED) is 0.781. The molecule has 1 atom stereocenters. The van der Waals surface area contributed by atoms with Crippen molar-refractivity contribution in [2.45, 2.75) is 17.7 Å². The molecule has 0 aromatic heterocycles. The second-order valence-electron chi connectivity index (χ2n) is 4.45. The van der Waals surface area contributed by atoms with Gasteiger partial charge in [0.2, 0.25) is 10.0 Å². The standard InChI is InChI=1S/C12H15BrClNO2S/c13-6-4-10-5-7-15(9-10)18(16,17)12-3-1-2-11(14)8-12/h1-3,8,10H,4-7,9H2. The van der Waals surface area contributed by atoms with E-state index in [4.69, 9.17) is 11.6 Å². The maximum atomic E-state index is 12.4. The summed E-state index contributed by atoms with van der Waals surface area (Å²) >= 11 is 9.25. The van der Waals surface area contributed by atoms with Gasteiger partial charge in [0.05, 0.1) is 4.90 Å². The summed E-state index contributed by atoms with van der Waals surface area (Å²) in [5.74, 6) is 0.457. The first-order valence-corrected chi connectivity index (χ1v) is 8.79. The van der Waals surface area contributed by atoms with Gasteiger partial charge in [-0.15, -0.1) is 0 Å². The highest BCUT2D eigenvalue weighted by molar-refractivity contribution is 9.09. The molecule has 1 aliphatic heterocycles. The van der Waals surface area contributed by atoms with Gasteiger partial charge < -0.3 is 0 Å². The molecule has 1 aliphatic rings. The predicted molar refractivity (Wildman–Crippen MR) is 76.7 cm³/mol. The molecule has 0 aliphatic carbocycles. The van der Waals surface area contributed by atoms with Gasteiger partial charge in [-0.05, 0) is 37.0 Å². The van der Waals surface area contributed by atoms with Crippen LogP contribution < -0.4 is 0 Å². The summed E-state index contributed by atoms with van der Waals surface area (Å²) in [4.78, 5) is 0.287. The molecular formula is C12H15BrClNO2S. The molecule has 0 N–H and O–H groups in total. The van der Waals surface area contributed by atoms with Crippen LogP contribution >= 0.6 is 27.5 Å². The molecule has 0 spiro atoms. The van der Waals surface area contributed by atoms with Gasteiger partial charge in [0.15, 0.2) is 0 Å². The Balaban J connectivity index is 2.18. The highest BCUT2D eigenvalue weighted by Gasteiger charge is 2.32. The molecule has 100 valence electrons. The Bertz CT molecular complexity index is 521. The lowest BCUT2D eigenvalue weighted by Crippen LogP contribution is -2.28. The fraction of sp³-hybridized carbons (Fsp3) is 0.500. The number of benzene rings is 1. The summed E-state index contributed by atoms with van der Waals surface area (Å²) in [6, 6.07) is 6.45. The molecule has 0 bridgehead atoms. The summed E-state index contributed by atoms with van der Waals surface area (Å²) < 4.78 is 26.3. The first-order chi connectivity index (χ1) is 8.54. The summed E-state index contributed by atoms with van der Waals surface area (Å²) in [6.07, 6.45) is 1.95. The molecule has 18 heavy (non-hydrogen) atoms. The van der Waals surface area contributed by atoms with Crippen molar-refractivity contribution in [2.24, 2.45) is 5.92 Å². The average Bonchev–Trinajstić information content (AvgIpc) is 2.79. The molecule has 0 radical (unpaired) electrons. The van der Waals surface area contributed by atoms with Gasteiger partial charge in [-0.3, -0.25) is 0 Å². The van der Waals surface area contributed by atoms with E-state index < -0.39 is 10.0 Å². The van der Waals surface area contributed by atoms with Crippen molar-refractivity contribution < 1.29 is 8.42 Å². The van der Waals surface area contributed by atoms with Gasteiger partial charge in [0, 0.05) is 23.4 Å². The molecule has 1 unspecified atom stereocenters. The fourth-order valence-corrected chi connectivity index (χ4v) is 4.66. The number of halogens is 2. The van der Waals surface area contributed by atoms with Crippen LogP contribution in [-0.2, 0) is 10.0 Å². The Morgan fingerprint density at radius 3 is 2.89 bits per heavy atom. The largest absolute Gasteiger partial charge is 0.243 e. The highest BCUT2D eigenvalue weighted by Crippen LogP contribution is 2.27. The summed E-state index contributed by atoms with van der Waals surface area (Å²) in [5, 5.41) is 1.37. The fourth-order valence-electron chi connectivity index (χ4n) is 2.18. The summed E-state index contributed by atoms with van der Waals surface area (Å²) in [6.45, 7) is 1.22. The molecule has 1 heterocycles. The van der Waals surface area contributed by atoms with Crippen molar-refractivity contribution >= 4 is 37.6 Å². The first-order valence-electron chi connectivity index (χ1n) is 5.85. The molecule has 1 aromatic rings. The number of alkyl halides is 1. The Hall–Kier alpha value is -0.100. The third-order valence-corrected chi connectivity index (χ3v) is 5.75. The molecule has 1 fully saturated rings. The second kappa shape index (κ2) is 5.90. The predicted octanol–water partition coefficient (Wildman–Crippen LogP) is 3.14. The normalized spacial score (nSPS) is 21.3. The van der Waals surface area contributed by atoms with Gasteiger partial charge >= 0.3 is 0 Å². The van der Waals surface area contributed by atoms with Crippen LogP contribution in [0, 0.1) is 5.92 Å². The van der Waals surface area contributed by atoms with Gasteiger partial charge in [0.25, 0.3) is 0 Å². The van der Waals surface area contributed by atoms with E-state index in [2.05, 4.69) is 15.9 Å². The highest BCUT2D eigenvalue weighted by atomic mass is 79.9. The minimum atomic E-state index is -3.38. The lowest BCUT2D eigenvalue weighted by atomic mass is 10.1. The van der Waals surface area contributed by atoms with Crippen molar-refractivity contribution in [2.75, 3.05) is 18.4 Å². The topological polar surface area (TPSA) is 37.4 Å².